The van der Waals surface area contributed by atoms with E-state index in [1.807, 2.05) is 60.7 Å². The minimum Gasteiger partial charge on any atom is -0.413 e. The predicted octanol–water partition coefficient (Wildman–Crippen LogP) is 6.07. The van der Waals surface area contributed by atoms with Crippen molar-refractivity contribution in [3.05, 3.63) is 71.8 Å². The summed E-state index contributed by atoms with van der Waals surface area (Å²) in [6.07, 6.45) is -2.57. The maximum atomic E-state index is 11.5. The van der Waals surface area contributed by atoms with Crippen LogP contribution in [-0.4, -0.2) is 56.8 Å². The van der Waals surface area contributed by atoms with E-state index in [1.54, 1.807) is 0 Å². The van der Waals surface area contributed by atoms with E-state index in [9.17, 15) is 9.90 Å². The number of carbonyl (C=O) groups excluding carboxylic acids is 1. The third-order valence-electron chi connectivity index (χ3n) is 7.86. The number of rotatable bonds is 14. The fourth-order valence-corrected chi connectivity index (χ4v) is 11.5. The number of hydrogen-bond acceptors (Lipinski definition) is 6. The first-order valence-corrected chi connectivity index (χ1v) is 16.1. The molecule has 1 aliphatic rings. The fourth-order valence-electron chi connectivity index (χ4n) is 6.08. The molecule has 0 radical (unpaired) electrons. The Hall–Kier alpha value is -1.87. The molecule has 1 saturated heterocycles. The lowest BCUT2D eigenvalue weighted by molar-refractivity contribution is -0.256. The van der Waals surface area contributed by atoms with Gasteiger partial charge in [-0.05, 0) is 27.8 Å². The molecule has 0 bridgehead atoms. The van der Waals surface area contributed by atoms with E-state index < -0.39 is 38.8 Å². The fraction of sp³-hybridized carbons (Fsp3) is 0.581. The molecule has 0 unspecified atom stereocenters. The van der Waals surface area contributed by atoms with Gasteiger partial charge in [-0.25, -0.2) is 0 Å². The lowest BCUT2D eigenvalue weighted by Gasteiger charge is -2.47. The summed E-state index contributed by atoms with van der Waals surface area (Å²) in [7, 11) is -2.19. The van der Waals surface area contributed by atoms with Crippen LogP contribution in [-0.2, 0) is 36.6 Å². The summed E-state index contributed by atoms with van der Waals surface area (Å²) in [6.45, 7) is 14.5. The van der Waals surface area contributed by atoms with Gasteiger partial charge >= 0.3 is 0 Å². The highest BCUT2D eigenvalue weighted by Gasteiger charge is 2.50. The average Bonchev–Trinajstić information content (AvgIpc) is 2.89. The summed E-state index contributed by atoms with van der Waals surface area (Å²) in [6, 6.07) is 19.8. The summed E-state index contributed by atoms with van der Waals surface area (Å²) < 4.78 is 26.1. The van der Waals surface area contributed by atoms with Crippen LogP contribution in [0, 0.1) is 0 Å². The van der Waals surface area contributed by atoms with Gasteiger partial charge in [0.2, 0.25) is 0 Å². The number of hydrogen-bond donors (Lipinski definition) is 1. The molecule has 1 fully saturated rings. The molecule has 3 rings (SSSR count). The maximum Gasteiger partial charge on any atom is 0.200 e. The summed E-state index contributed by atoms with van der Waals surface area (Å²) in [4.78, 5) is 11.5. The molecule has 0 aliphatic carbocycles. The standard InChI is InChI=1S/C31H46O6Si/c1-22(2)38(23(3)4,24(5)6)36-21-28-30(34-19-25-13-9-7-10-14-25)31(29(33)27(37-28)17-18-32)35-20-26-15-11-8-12-16-26/h7-16,18,22-24,27-31,33H,17,19-21H2,1-6H3/t27-,28+,29+,30-,31-/m1/s1. The molecule has 7 heteroatoms. The van der Waals surface area contributed by atoms with Crippen LogP contribution in [0.3, 0.4) is 0 Å². The Kier molecular flexibility index (Phi) is 11.7. The van der Waals surface area contributed by atoms with Gasteiger partial charge in [0.25, 0.3) is 0 Å². The van der Waals surface area contributed by atoms with Crippen molar-refractivity contribution in [2.45, 2.75) is 108 Å². The third-order valence-corrected chi connectivity index (χ3v) is 13.9. The predicted molar refractivity (Wildman–Crippen MR) is 152 cm³/mol. The Bertz CT molecular complexity index is 930. The van der Waals surface area contributed by atoms with E-state index in [4.69, 9.17) is 18.6 Å². The molecule has 5 atom stereocenters. The second-order valence-corrected chi connectivity index (χ2v) is 16.7. The second-order valence-electron chi connectivity index (χ2n) is 11.3. The van der Waals surface area contributed by atoms with Gasteiger partial charge in [0.1, 0.15) is 30.7 Å². The Morgan fingerprint density at radius 2 is 1.26 bits per heavy atom. The SMILES string of the molecule is CC(C)[Si](OC[C@@H]1O[C@H](CC=O)[C@H](O)[C@@H](OCc2ccccc2)[C@@H]1OCc1ccccc1)(C(C)C)C(C)C. The Morgan fingerprint density at radius 1 is 0.789 bits per heavy atom. The van der Waals surface area contributed by atoms with E-state index in [1.165, 1.54) is 0 Å². The van der Waals surface area contributed by atoms with Gasteiger partial charge in [-0.2, -0.15) is 0 Å². The van der Waals surface area contributed by atoms with E-state index >= 15 is 0 Å². The Labute approximate surface area is 229 Å². The van der Waals surface area contributed by atoms with Crippen molar-refractivity contribution in [3.8, 4) is 0 Å². The van der Waals surface area contributed by atoms with E-state index in [-0.39, 0.29) is 6.42 Å². The Morgan fingerprint density at radius 3 is 1.71 bits per heavy atom. The highest BCUT2D eigenvalue weighted by Crippen LogP contribution is 2.43. The summed E-state index contributed by atoms with van der Waals surface area (Å²) >= 11 is 0. The number of benzene rings is 2. The van der Waals surface area contributed by atoms with Crippen molar-refractivity contribution in [2.75, 3.05) is 6.61 Å². The molecule has 210 valence electrons. The van der Waals surface area contributed by atoms with Gasteiger partial charge in [0.15, 0.2) is 8.32 Å². The quantitative estimate of drug-likeness (QED) is 0.231. The van der Waals surface area contributed by atoms with Crippen LogP contribution >= 0.6 is 0 Å². The molecule has 2 aromatic carbocycles. The zero-order valence-electron chi connectivity index (χ0n) is 23.8. The Balaban J connectivity index is 1.90. The average molecular weight is 543 g/mol. The van der Waals surface area contributed by atoms with Crippen LogP contribution in [0.15, 0.2) is 60.7 Å². The molecular formula is C31H46O6Si. The van der Waals surface area contributed by atoms with Crippen LogP contribution in [0.4, 0.5) is 0 Å². The lowest BCUT2D eigenvalue weighted by Crippen LogP contribution is -2.61. The van der Waals surface area contributed by atoms with Crippen molar-refractivity contribution in [1.82, 2.24) is 0 Å². The number of ether oxygens (including phenoxy) is 3. The zero-order chi connectivity index (χ0) is 27.7. The van der Waals surface area contributed by atoms with Gasteiger partial charge in [-0.1, -0.05) is 102 Å². The molecule has 0 amide bonds. The first kappa shape index (κ1) is 30.7. The number of aldehydes is 1. The smallest absolute Gasteiger partial charge is 0.200 e. The molecule has 0 aromatic heterocycles. The molecule has 1 N–H and O–H groups in total. The monoisotopic (exact) mass is 542 g/mol. The highest BCUT2D eigenvalue weighted by molar-refractivity contribution is 6.77. The molecular weight excluding hydrogens is 496 g/mol. The normalized spacial score (nSPS) is 24.3. The van der Waals surface area contributed by atoms with Gasteiger partial charge in [0.05, 0.1) is 25.9 Å². The van der Waals surface area contributed by atoms with Crippen LogP contribution in [0.5, 0.6) is 0 Å². The summed E-state index contributed by atoms with van der Waals surface area (Å²) in [5.74, 6) is 0. The van der Waals surface area contributed by atoms with Crippen molar-refractivity contribution < 1.29 is 28.5 Å². The molecule has 1 heterocycles. The summed E-state index contributed by atoms with van der Waals surface area (Å²) in [5.41, 5.74) is 3.26. The van der Waals surface area contributed by atoms with Crippen molar-refractivity contribution >= 4 is 14.6 Å². The number of aliphatic hydroxyl groups excluding tert-OH is 1. The third kappa shape index (κ3) is 7.40. The van der Waals surface area contributed by atoms with Crippen LogP contribution in [0.2, 0.25) is 16.6 Å². The molecule has 1 aliphatic heterocycles. The number of carbonyl (C=O) groups is 1. The van der Waals surface area contributed by atoms with Gasteiger partial charge in [-0.15, -0.1) is 0 Å². The second kappa shape index (κ2) is 14.5. The van der Waals surface area contributed by atoms with Crippen LogP contribution in [0.25, 0.3) is 0 Å². The van der Waals surface area contributed by atoms with Crippen molar-refractivity contribution in [3.63, 3.8) is 0 Å². The first-order valence-electron chi connectivity index (χ1n) is 13.9. The summed E-state index contributed by atoms with van der Waals surface area (Å²) in [5, 5.41) is 11.3. The van der Waals surface area contributed by atoms with Crippen molar-refractivity contribution in [1.29, 1.82) is 0 Å². The largest absolute Gasteiger partial charge is 0.413 e. The number of aliphatic hydroxyl groups is 1. The molecule has 38 heavy (non-hydrogen) atoms. The minimum absolute atomic E-state index is 0.0788. The van der Waals surface area contributed by atoms with Gasteiger partial charge in [0, 0.05) is 6.42 Å². The van der Waals surface area contributed by atoms with E-state index in [0.29, 0.717) is 36.4 Å². The van der Waals surface area contributed by atoms with Gasteiger partial charge in [-0.3, -0.25) is 0 Å². The van der Waals surface area contributed by atoms with Crippen LogP contribution in [0.1, 0.15) is 59.1 Å². The zero-order valence-corrected chi connectivity index (χ0v) is 24.8. The maximum absolute atomic E-state index is 11.5. The highest BCUT2D eigenvalue weighted by atomic mass is 28.4. The van der Waals surface area contributed by atoms with Crippen LogP contribution < -0.4 is 0 Å². The molecule has 0 spiro atoms. The molecule has 2 aromatic rings. The molecule has 0 saturated carbocycles. The minimum atomic E-state index is -2.19. The van der Waals surface area contributed by atoms with E-state index in [0.717, 1.165) is 17.4 Å². The molecule has 6 nitrogen and oxygen atoms in total. The van der Waals surface area contributed by atoms with Gasteiger partial charge < -0.3 is 28.5 Å². The van der Waals surface area contributed by atoms with E-state index in [2.05, 4.69) is 41.5 Å². The topological polar surface area (TPSA) is 74.2 Å². The van der Waals surface area contributed by atoms with Crippen molar-refractivity contribution in [2.24, 2.45) is 0 Å². The lowest BCUT2D eigenvalue weighted by atomic mass is 9.93. The first-order chi connectivity index (χ1) is 18.2.